The number of halogens is 1. The first-order chi connectivity index (χ1) is 3.62. The van der Waals surface area contributed by atoms with Gasteiger partial charge in [0.1, 0.15) is 0 Å². The monoisotopic (exact) mass is 159 g/mol. The zero-order valence-corrected chi connectivity index (χ0v) is 5.95. The minimum Gasteiger partial charge on any atom is -0.312 e. The molecule has 0 amide bonds. The van der Waals surface area contributed by atoms with E-state index in [1.807, 2.05) is 0 Å². The molecule has 0 aliphatic carbocycles. The lowest BCUT2D eigenvalue weighted by Gasteiger charge is -2.04. The van der Waals surface area contributed by atoms with Crippen LogP contribution in [-0.4, -0.2) is 11.5 Å². The van der Waals surface area contributed by atoms with Crippen molar-refractivity contribution in [2.45, 2.75) is 6.92 Å². The Morgan fingerprint density at radius 2 is 2.50 bits per heavy atom. The van der Waals surface area contributed by atoms with Crippen molar-refractivity contribution in [2.24, 2.45) is 0 Å². The van der Waals surface area contributed by atoms with E-state index in [-0.39, 0.29) is 6.61 Å². The lowest BCUT2D eigenvalue weighted by atomic mass is 10.9. The van der Waals surface area contributed by atoms with Crippen LogP contribution in [-0.2, 0) is 9.09 Å². The van der Waals surface area contributed by atoms with Crippen molar-refractivity contribution < 1.29 is 14.0 Å². The van der Waals surface area contributed by atoms with Crippen molar-refractivity contribution in [1.29, 1.82) is 0 Å². The zero-order valence-electron chi connectivity index (χ0n) is 4.30. The Kier molecular flexibility index (Phi) is 3.60. The summed E-state index contributed by atoms with van der Waals surface area (Å²) in [5, 5.41) is 0. The largest absolute Gasteiger partial charge is 0.416 e. The molecule has 0 aliphatic heterocycles. The van der Waals surface area contributed by atoms with Crippen LogP contribution in [0.25, 0.3) is 0 Å². The zero-order chi connectivity index (χ0) is 6.62. The van der Waals surface area contributed by atoms with Crippen LogP contribution in [0.5, 0.6) is 0 Å². The molecule has 0 radical (unpaired) electrons. The third kappa shape index (κ3) is 3.41. The Morgan fingerprint density at radius 1 is 2.00 bits per heavy atom. The molecule has 2 N–H and O–H groups in total. The van der Waals surface area contributed by atoms with E-state index in [2.05, 4.69) is 4.52 Å². The van der Waals surface area contributed by atoms with Crippen LogP contribution >= 0.6 is 19.5 Å². The summed E-state index contributed by atoms with van der Waals surface area (Å²) in [5.74, 6) is 0. The van der Waals surface area contributed by atoms with Crippen molar-refractivity contribution in [2.75, 3.05) is 6.61 Å². The van der Waals surface area contributed by atoms with Gasteiger partial charge in [0.15, 0.2) is 0 Å². The second-order valence-electron chi connectivity index (χ2n) is 1.02. The highest BCUT2D eigenvalue weighted by Crippen LogP contribution is 2.36. The molecule has 0 saturated heterocycles. The van der Waals surface area contributed by atoms with Gasteiger partial charge in [-0.05, 0) is 18.7 Å². The topological polar surface area (TPSA) is 58.6 Å². The smallest absolute Gasteiger partial charge is 0.312 e. The van der Waals surface area contributed by atoms with Crippen molar-refractivity contribution in [3.63, 3.8) is 0 Å². The first-order valence-corrected chi connectivity index (χ1v) is 3.93. The van der Waals surface area contributed by atoms with Crippen LogP contribution < -0.4 is 4.61 Å². The highest BCUT2D eigenvalue weighted by atomic mass is 35.5. The molecule has 0 saturated carbocycles. The fourth-order valence-electron chi connectivity index (χ4n) is 0.199. The van der Waals surface area contributed by atoms with E-state index in [4.69, 9.17) is 16.7 Å². The minimum atomic E-state index is -3.66. The molecule has 50 valence electrons. The molecule has 0 aliphatic rings. The number of nitrogens with one attached hydrogen (secondary N) is 1. The molecule has 0 heterocycles. The molecule has 0 aromatic rings. The molecule has 0 rings (SSSR count). The summed E-state index contributed by atoms with van der Waals surface area (Å²) in [6.07, 6.45) is 0. The van der Waals surface area contributed by atoms with E-state index < -0.39 is 7.75 Å². The van der Waals surface area contributed by atoms with Crippen LogP contribution in [0.1, 0.15) is 6.92 Å². The molecule has 0 spiro atoms. The number of rotatable bonds is 3. The summed E-state index contributed by atoms with van der Waals surface area (Å²) in [6.45, 7) is 1.75. The molecule has 0 fully saturated rings. The van der Waals surface area contributed by atoms with E-state index in [9.17, 15) is 4.57 Å². The first kappa shape index (κ1) is 8.40. The molecule has 0 bridgehead atoms. The van der Waals surface area contributed by atoms with Crippen molar-refractivity contribution in [3.8, 4) is 0 Å². The molecular weight excluding hydrogens is 152 g/mol. The molecule has 0 aromatic heterocycles. The van der Waals surface area contributed by atoms with Gasteiger partial charge in [0.25, 0.3) is 0 Å². The second kappa shape index (κ2) is 3.43. The fraction of sp³-hybridized carbons (Fsp3) is 1.00. The summed E-state index contributed by atoms with van der Waals surface area (Å²) < 4.78 is 16.1. The van der Waals surface area contributed by atoms with Gasteiger partial charge in [-0.1, -0.05) is 0 Å². The van der Waals surface area contributed by atoms with E-state index in [1.165, 1.54) is 0 Å². The summed E-state index contributed by atoms with van der Waals surface area (Å²) in [7, 11) is -3.66. The highest BCUT2D eigenvalue weighted by Gasteiger charge is 2.14. The Labute approximate surface area is 52.5 Å². The van der Waals surface area contributed by atoms with Crippen LogP contribution in [0, 0.1) is 0 Å². The van der Waals surface area contributed by atoms with Gasteiger partial charge >= 0.3 is 7.75 Å². The summed E-state index contributed by atoms with van der Waals surface area (Å²) in [6, 6.07) is 0. The number of hydrogen-bond donors (Lipinski definition) is 2. The lowest BCUT2D eigenvalue weighted by molar-refractivity contribution is 0.270. The first-order valence-electron chi connectivity index (χ1n) is 1.97. The number of hydrogen-bond acceptors (Lipinski definition) is 2. The van der Waals surface area contributed by atoms with Gasteiger partial charge in [0, 0.05) is 0 Å². The molecule has 4 nitrogen and oxygen atoms in total. The SMILES string of the molecule is CCOP(=O)(O)NCl. The van der Waals surface area contributed by atoms with Crippen molar-refractivity contribution >= 4 is 19.5 Å². The Bertz CT molecular complexity index is 107. The summed E-state index contributed by atoms with van der Waals surface area (Å²) >= 11 is 4.78. The lowest BCUT2D eigenvalue weighted by Crippen LogP contribution is -1.98. The van der Waals surface area contributed by atoms with Gasteiger partial charge in [-0.15, -0.1) is 4.61 Å². The van der Waals surface area contributed by atoms with Crippen LogP contribution in [0.15, 0.2) is 0 Å². The Hall–Kier alpha value is 0.400. The molecule has 1 atom stereocenters. The third-order valence-electron chi connectivity index (χ3n) is 0.411. The van der Waals surface area contributed by atoms with Gasteiger partial charge in [0.05, 0.1) is 6.61 Å². The second-order valence-corrected chi connectivity index (χ2v) is 3.00. The molecule has 0 aromatic carbocycles. The Morgan fingerprint density at radius 3 is 2.62 bits per heavy atom. The van der Waals surface area contributed by atoms with Gasteiger partial charge < -0.3 is 4.89 Å². The third-order valence-corrected chi connectivity index (χ3v) is 1.87. The minimum absolute atomic E-state index is 0.160. The van der Waals surface area contributed by atoms with Crippen LogP contribution in [0.3, 0.4) is 0 Å². The predicted octanol–water partition coefficient (Wildman–Crippen LogP) is 0.867. The quantitative estimate of drug-likeness (QED) is 0.474. The normalized spacial score (nSPS) is 17.9. The standard InChI is InChI=1S/C2H7ClNO3P/c1-2-7-8(5,6)4-3/h2H2,1H3,(H2,4,5,6). The Balaban J connectivity index is 3.55. The van der Waals surface area contributed by atoms with Gasteiger partial charge in [-0.2, -0.15) is 0 Å². The average molecular weight is 160 g/mol. The van der Waals surface area contributed by atoms with Crippen LogP contribution in [0.4, 0.5) is 0 Å². The van der Waals surface area contributed by atoms with Gasteiger partial charge in [0.2, 0.25) is 0 Å². The maximum absolute atomic E-state index is 10.3. The van der Waals surface area contributed by atoms with E-state index >= 15 is 0 Å². The van der Waals surface area contributed by atoms with Crippen molar-refractivity contribution in [3.05, 3.63) is 0 Å². The highest BCUT2D eigenvalue weighted by molar-refractivity contribution is 7.52. The van der Waals surface area contributed by atoms with Gasteiger partial charge in [-0.3, -0.25) is 4.52 Å². The summed E-state index contributed by atoms with van der Waals surface area (Å²) in [4.78, 5) is 8.41. The fourth-order valence-corrected chi connectivity index (χ4v) is 0.745. The van der Waals surface area contributed by atoms with Gasteiger partial charge in [-0.25, -0.2) is 4.57 Å². The van der Waals surface area contributed by atoms with Crippen molar-refractivity contribution in [1.82, 2.24) is 4.61 Å². The molecule has 1 unspecified atom stereocenters. The molecular formula is C2H7ClNO3P. The van der Waals surface area contributed by atoms with E-state index in [0.717, 1.165) is 0 Å². The maximum Gasteiger partial charge on any atom is 0.416 e. The van der Waals surface area contributed by atoms with E-state index in [1.54, 1.807) is 11.5 Å². The maximum atomic E-state index is 10.3. The molecule has 8 heavy (non-hydrogen) atoms. The average Bonchev–Trinajstić information content (AvgIpc) is 1.67. The molecule has 6 heteroatoms. The van der Waals surface area contributed by atoms with Crippen LogP contribution in [0.2, 0.25) is 0 Å². The predicted molar refractivity (Wildman–Crippen MR) is 30.4 cm³/mol. The van der Waals surface area contributed by atoms with E-state index in [0.29, 0.717) is 0 Å². The summed E-state index contributed by atoms with van der Waals surface area (Å²) in [5.41, 5.74) is 0.